The van der Waals surface area contributed by atoms with Gasteiger partial charge in [0, 0.05) is 22.6 Å². The average molecular weight is 769 g/mol. The third-order valence-corrected chi connectivity index (χ3v) is 11.8. The molecule has 0 aliphatic carbocycles. The Bertz CT molecular complexity index is 3260. The molecule has 0 fully saturated rings. The molecule has 60 heavy (non-hydrogen) atoms. The van der Waals surface area contributed by atoms with Crippen molar-refractivity contribution in [1.29, 1.82) is 0 Å². The van der Waals surface area contributed by atoms with E-state index >= 15 is 0 Å². The molecule has 0 unspecified atom stereocenters. The summed E-state index contributed by atoms with van der Waals surface area (Å²) in [6.45, 7) is 0. The van der Waals surface area contributed by atoms with Crippen LogP contribution in [0, 0.1) is 0 Å². The fraction of sp³-hybridized carbons (Fsp3) is 0. The average Bonchev–Trinajstić information content (AvgIpc) is 3.32. The molecular formula is C56H36N2O2. The van der Waals surface area contributed by atoms with Crippen molar-refractivity contribution in [3.05, 3.63) is 218 Å². The van der Waals surface area contributed by atoms with E-state index in [1.165, 1.54) is 32.7 Å². The molecule has 0 saturated heterocycles. The maximum Gasteiger partial charge on any atom is 0.163 e. The van der Waals surface area contributed by atoms with Crippen LogP contribution >= 0.6 is 0 Å². The minimum Gasteiger partial charge on any atom is -0.453 e. The highest BCUT2D eigenvalue weighted by molar-refractivity contribution is 6.08. The number of benzene rings is 10. The molecule has 0 bridgehead atoms. The molecule has 0 aromatic heterocycles. The second-order valence-corrected chi connectivity index (χ2v) is 15.3. The van der Waals surface area contributed by atoms with Gasteiger partial charge in [-0.3, -0.25) is 4.90 Å². The van der Waals surface area contributed by atoms with Gasteiger partial charge in [0.1, 0.15) is 5.69 Å². The van der Waals surface area contributed by atoms with Crippen molar-refractivity contribution in [3.63, 3.8) is 0 Å². The number of hydrogen-bond donors (Lipinski definition) is 0. The first-order chi connectivity index (χ1) is 29.7. The predicted octanol–water partition coefficient (Wildman–Crippen LogP) is 16.1. The van der Waals surface area contributed by atoms with Gasteiger partial charge in [-0.05, 0) is 128 Å². The van der Waals surface area contributed by atoms with Crippen LogP contribution in [-0.4, -0.2) is 0 Å². The van der Waals surface area contributed by atoms with Gasteiger partial charge in [0.25, 0.3) is 0 Å². The zero-order valence-electron chi connectivity index (χ0n) is 32.5. The topological polar surface area (TPSA) is 24.9 Å². The summed E-state index contributed by atoms with van der Waals surface area (Å²) in [5.41, 5.74) is 12.9. The Kier molecular flexibility index (Phi) is 7.82. The zero-order chi connectivity index (χ0) is 39.6. The van der Waals surface area contributed by atoms with E-state index in [2.05, 4.69) is 192 Å². The smallest absolute Gasteiger partial charge is 0.163 e. The van der Waals surface area contributed by atoms with Crippen LogP contribution in [0.3, 0.4) is 0 Å². The third-order valence-electron chi connectivity index (χ3n) is 11.8. The monoisotopic (exact) mass is 768 g/mol. The number of para-hydroxylation sites is 4. The van der Waals surface area contributed by atoms with Gasteiger partial charge in [-0.15, -0.1) is 0 Å². The maximum absolute atomic E-state index is 6.75. The number of ether oxygens (including phenoxy) is 2. The van der Waals surface area contributed by atoms with Gasteiger partial charge in [-0.2, -0.15) is 0 Å². The molecule has 4 heteroatoms. The van der Waals surface area contributed by atoms with Crippen LogP contribution in [0.4, 0.5) is 34.1 Å². The van der Waals surface area contributed by atoms with E-state index in [0.29, 0.717) is 0 Å². The van der Waals surface area contributed by atoms with Gasteiger partial charge >= 0.3 is 0 Å². The standard InChI is InChI=1S/C56H36N2O2/c1-2-11-37(12-3-1)38-23-27-44(28-24-38)57(46-31-32-48-43(36-46)22-21-40-13-4-5-16-47(40)48)45-29-25-39(26-30-45)41-14-10-15-42(35-41)49-33-34-54-55-56(49)60-53-20-9-7-18-51(53)58(55)50-17-6-8-19-52(50)59-54/h1-36H. The lowest BCUT2D eigenvalue weighted by Crippen LogP contribution is -2.20. The molecule has 0 radical (unpaired) electrons. The van der Waals surface area contributed by atoms with E-state index in [1.54, 1.807) is 0 Å². The van der Waals surface area contributed by atoms with Crippen molar-refractivity contribution >= 4 is 55.7 Å². The molecule has 2 aliphatic rings. The number of nitrogens with zero attached hydrogens (tertiary/aromatic N) is 2. The van der Waals surface area contributed by atoms with Crippen LogP contribution in [0.25, 0.3) is 54.9 Å². The summed E-state index contributed by atoms with van der Waals surface area (Å²) in [5.74, 6) is 3.19. The van der Waals surface area contributed by atoms with E-state index in [-0.39, 0.29) is 0 Å². The molecule has 10 aromatic carbocycles. The van der Waals surface area contributed by atoms with Crippen molar-refractivity contribution in [3.8, 4) is 56.4 Å². The molecule has 0 atom stereocenters. The van der Waals surface area contributed by atoms with Crippen molar-refractivity contribution in [2.24, 2.45) is 0 Å². The maximum atomic E-state index is 6.75. The first-order valence-corrected chi connectivity index (χ1v) is 20.3. The molecule has 0 spiro atoms. The summed E-state index contributed by atoms with van der Waals surface area (Å²) in [7, 11) is 0. The van der Waals surface area contributed by atoms with E-state index in [0.717, 1.165) is 79.4 Å². The number of fused-ring (bicyclic) bond motifs is 7. The van der Waals surface area contributed by atoms with Crippen molar-refractivity contribution in [2.75, 3.05) is 9.80 Å². The zero-order valence-corrected chi connectivity index (χ0v) is 32.5. The number of hydrogen-bond acceptors (Lipinski definition) is 4. The lowest BCUT2D eigenvalue weighted by Gasteiger charge is -2.38. The Labute approximate surface area is 348 Å². The van der Waals surface area contributed by atoms with Gasteiger partial charge in [-0.25, -0.2) is 0 Å². The number of anilines is 6. The van der Waals surface area contributed by atoms with E-state index < -0.39 is 0 Å². The molecule has 12 rings (SSSR count). The lowest BCUT2D eigenvalue weighted by molar-refractivity contribution is 0.447. The molecule has 4 nitrogen and oxygen atoms in total. The molecule has 282 valence electrons. The van der Waals surface area contributed by atoms with Crippen molar-refractivity contribution in [1.82, 2.24) is 0 Å². The summed E-state index contributed by atoms with van der Waals surface area (Å²) < 4.78 is 13.2. The third kappa shape index (κ3) is 5.61. The first-order valence-electron chi connectivity index (χ1n) is 20.3. The van der Waals surface area contributed by atoms with Crippen molar-refractivity contribution < 1.29 is 9.47 Å². The normalized spacial score (nSPS) is 12.2. The SMILES string of the molecule is c1ccc(-c2ccc(N(c3ccc(-c4cccc(-c5ccc6c7c5Oc5ccccc5N7c5ccccc5O6)c4)cc3)c3ccc4c(ccc5ccccc54)c3)cc2)cc1. The van der Waals surface area contributed by atoms with Gasteiger partial charge in [0.15, 0.2) is 23.0 Å². The Balaban J connectivity index is 0.925. The van der Waals surface area contributed by atoms with Gasteiger partial charge in [0.2, 0.25) is 0 Å². The van der Waals surface area contributed by atoms with Crippen LogP contribution in [0.15, 0.2) is 218 Å². The molecule has 2 aliphatic heterocycles. The van der Waals surface area contributed by atoms with Crippen LogP contribution in [0.2, 0.25) is 0 Å². The summed E-state index contributed by atoms with van der Waals surface area (Å²) >= 11 is 0. The summed E-state index contributed by atoms with van der Waals surface area (Å²) in [6.07, 6.45) is 0. The molecule has 2 heterocycles. The molecular weight excluding hydrogens is 733 g/mol. The Hall–Kier alpha value is -8.08. The minimum atomic E-state index is 0.771. The van der Waals surface area contributed by atoms with Crippen LogP contribution < -0.4 is 19.3 Å². The molecule has 10 aromatic rings. The highest BCUT2D eigenvalue weighted by Crippen LogP contribution is 2.61. The van der Waals surface area contributed by atoms with Crippen LogP contribution in [0.5, 0.6) is 23.0 Å². The first kappa shape index (κ1) is 34.0. The van der Waals surface area contributed by atoms with E-state index in [1.807, 2.05) is 36.4 Å². The Morgan fingerprint density at radius 2 is 0.900 bits per heavy atom. The summed E-state index contributed by atoms with van der Waals surface area (Å²) in [5, 5.41) is 4.97. The van der Waals surface area contributed by atoms with E-state index in [4.69, 9.17) is 9.47 Å². The minimum absolute atomic E-state index is 0.771. The largest absolute Gasteiger partial charge is 0.453 e. The molecule has 0 saturated carbocycles. The highest BCUT2D eigenvalue weighted by Gasteiger charge is 2.36. The van der Waals surface area contributed by atoms with Crippen molar-refractivity contribution in [2.45, 2.75) is 0 Å². The Morgan fingerprint density at radius 3 is 1.67 bits per heavy atom. The quantitative estimate of drug-likeness (QED) is 0.157. The summed E-state index contributed by atoms with van der Waals surface area (Å²) in [6, 6.07) is 77.5. The van der Waals surface area contributed by atoms with Crippen LogP contribution in [-0.2, 0) is 0 Å². The summed E-state index contributed by atoms with van der Waals surface area (Å²) in [4.78, 5) is 4.62. The van der Waals surface area contributed by atoms with Crippen LogP contribution in [0.1, 0.15) is 0 Å². The lowest BCUT2D eigenvalue weighted by atomic mass is 9.96. The highest BCUT2D eigenvalue weighted by atomic mass is 16.5. The fourth-order valence-corrected chi connectivity index (χ4v) is 8.92. The second-order valence-electron chi connectivity index (χ2n) is 15.3. The van der Waals surface area contributed by atoms with Gasteiger partial charge in [-0.1, -0.05) is 140 Å². The predicted molar refractivity (Wildman–Crippen MR) is 247 cm³/mol. The molecule has 0 amide bonds. The second kappa shape index (κ2) is 13.8. The van der Waals surface area contributed by atoms with Gasteiger partial charge < -0.3 is 14.4 Å². The number of rotatable bonds is 6. The van der Waals surface area contributed by atoms with Gasteiger partial charge in [0.05, 0.1) is 11.4 Å². The fourth-order valence-electron chi connectivity index (χ4n) is 8.92. The van der Waals surface area contributed by atoms with E-state index in [9.17, 15) is 0 Å². The Morgan fingerprint density at radius 1 is 0.333 bits per heavy atom. The molecule has 0 N–H and O–H groups in total.